The molecule has 20 heavy (non-hydrogen) atoms. The molecule has 6 nitrogen and oxygen atoms in total. The van der Waals surface area contributed by atoms with Gasteiger partial charge in [-0.25, -0.2) is 8.42 Å². The molecule has 1 heterocycles. The minimum absolute atomic E-state index is 0.193. The first-order chi connectivity index (χ1) is 9.33. The van der Waals surface area contributed by atoms with Crippen molar-refractivity contribution in [2.75, 3.05) is 4.72 Å². The first kappa shape index (κ1) is 14.5. The van der Waals surface area contributed by atoms with Gasteiger partial charge in [-0.15, -0.1) is 0 Å². The molecule has 0 aliphatic heterocycles. The lowest BCUT2D eigenvalue weighted by Gasteiger charge is -2.13. The Balaban J connectivity index is 2.51. The van der Waals surface area contributed by atoms with Crippen molar-refractivity contribution in [3.05, 3.63) is 35.5 Å². The summed E-state index contributed by atoms with van der Waals surface area (Å²) in [7, 11) is -4.05. The van der Waals surface area contributed by atoms with E-state index in [0.29, 0.717) is 15.9 Å². The number of sulfonamides is 1. The quantitative estimate of drug-likeness (QED) is 0.901. The first-order valence-corrected chi connectivity index (χ1v) is 7.53. The fourth-order valence-electron chi connectivity index (χ4n) is 1.59. The number of carbonyl (C=O) groups is 1. The van der Waals surface area contributed by atoms with Gasteiger partial charge in [0.1, 0.15) is 0 Å². The standard InChI is InChI=1S/C12H11ClN2O4S/c1-7(12(16)17)20(18,19)15-10-5-4-9(13)8-3-2-6-14-11(8)10/h2-7,15H,1H3,(H,16,17). The maximum atomic E-state index is 11.9. The SMILES string of the molecule is CC(C(=O)O)S(=O)(=O)Nc1ccc(Cl)c2cccnc12. The summed E-state index contributed by atoms with van der Waals surface area (Å²) in [6.07, 6.45) is 1.50. The summed E-state index contributed by atoms with van der Waals surface area (Å²) in [6.45, 7) is 1.09. The Morgan fingerprint density at radius 2 is 2.10 bits per heavy atom. The number of hydrogen-bond acceptors (Lipinski definition) is 4. The summed E-state index contributed by atoms with van der Waals surface area (Å²) >= 11 is 6.00. The smallest absolute Gasteiger partial charge is 0.323 e. The third-order valence-corrected chi connectivity index (χ3v) is 4.75. The molecule has 2 aromatic rings. The molecule has 106 valence electrons. The number of halogens is 1. The molecule has 0 bridgehead atoms. The van der Waals surface area contributed by atoms with Crippen molar-refractivity contribution >= 4 is 44.2 Å². The third-order valence-electron chi connectivity index (χ3n) is 2.78. The van der Waals surface area contributed by atoms with E-state index in [0.717, 1.165) is 6.92 Å². The Bertz CT molecular complexity index is 776. The first-order valence-electron chi connectivity index (χ1n) is 5.60. The normalized spacial score (nSPS) is 13.1. The second-order valence-corrected chi connectivity index (χ2v) is 6.53. The van der Waals surface area contributed by atoms with Crippen molar-refractivity contribution in [1.29, 1.82) is 0 Å². The summed E-state index contributed by atoms with van der Waals surface area (Å²) in [5.74, 6) is -1.43. The molecule has 2 rings (SSSR count). The number of anilines is 1. The van der Waals surface area contributed by atoms with Crippen LogP contribution in [-0.2, 0) is 14.8 Å². The monoisotopic (exact) mass is 314 g/mol. The molecule has 0 spiro atoms. The van der Waals surface area contributed by atoms with E-state index < -0.39 is 21.2 Å². The van der Waals surface area contributed by atoms with Crippen LogP contribution in [0.2, 0.25) is 5.02 Å². The fraction of sp³-hybridized carbons (Fsp3) is 0.167. The lowest BCUT2D eigenvalue weighted by molar-refractivity contribution is -0.136. The Morgan fingerprint density at radius 3 is 2.75 bits per heavy atom. The highest BCUT2D eigenvalue weighted by molar-refractivity contribution is 7.94. The number of nitrogens with zero attached hydrogens (tertiary/aromatic N) is 1. The van der Waals surface area contributed by atoms with Crippen molar-refractivity contribution in [3.63, 3.8) is 0 Å². The van der Waals surface area contributed by atoms with Crippen molar-refractivity contribution < 1.29 is 18.3 Å². The van der Waals surface area contributed by atoms with Crippen LogP contribution >= 0.6 is 11.6 Å². The molecule has 1 aromatic heterocycles. The Labute approximate surface area is 120 Å². The molecule has 0 saturated heterocycles. The second kappa shape index (κ2) is 5.26. The van der Waals surface area contributed by atoms with Gasteiger partial charge in [0.25, 0.3) is 0 Å². The fourth-order valence-corrected chi connectivity index (χ4v) is 2.72. The van der Waals surface area contributed by atoms with Gasteiger partial charge in [0.15, 0.2) is 5.25 Å². The van der Waals surface area contributed by atoms with Gasteiger partial charge in [-0.2, -0.15) is 0 Å². The van der Waals surface area contributed by atoms with Crippen molar-refractivity contribution in [3.8, 4) is 0 Å². The van der Waals surface area contributed by atoms with Gasteiger partial charge in [-0.05, 0) is 31.2 Å². The molecule has 0 aliphatic rings. The zero-order valence-corrected chi connectivity index (χ0v) is 11.9. The predicted octanol–water partition coefficient (Wildman–Crippen LogP) is 2.10. The van der Waals surface area contributed by atoms with Crippen LogP contribution in [0.3, 0.4) is 0 Å². The summed E-state index contributed by atoms with van der Waals surface area (Å²) in [5, 5.41) is 8.24. The van der Waals surface area contributed by atoms with E-state index in [2.05, 4.69) is 9.71 Å². The molecule has 0 radical (unpaired) electrons. The molecule has 8 heteroatoms. The lowest BCUT2D eigenvalue weighted by atomic mass is 10.2. The lowest BCUT2D eigenvalue weighted by Crippen LogP contribution is -2.32. The van der Waals surface area contributed by atoms with Crippen LogP contribution in [0.5, 0.6) is 0 Å². The predicted molar refractivity (Wildman–Crippen MR) is 76.4 cm³/mol. The summed E-state index contributed by atoms with van der Waals surface area (Å²) in [4.78, 5) is 14.9. The topological polar surface area (TPSA) is 96.4 Å². The van der Waals surface area contributed by atoms with E-state index in [4.69, 9.17) is 16.7 Å². The maximum Gasteiger partial charge on any atom is 0.323 e. The average Bonchev–Trinajstić information content (AvgIpc) is 2.41. The number of fused-ring (bicyclic) bond motifs is 1. The molecule has 1 atom stereocenters. The Morgan fingerprint density at radius 1 is 1.40 bits per heavy atom. The Hall–Kier alpha value is -1.86. The van der Waals surface area contributed by atoms with E-state index in [1.165, 1.54) is 18.3 Å². The van der Waals surface area contributed by atoms with Gasteiger partial charge >= 0.3 is 5.97 Å². The number of carboxylic acids is 1. The molecular weight excluding hydrogens is 304 g/mol. The molecule has 0 saturated carbocycles. The van der Waals surface area contributed by atoms with Crippen LogP contribution in [0.4, 0.5) is 5.69 Å². The van der Waals surface area contributed by atoms with Gasteiger partial charge in [-0.3, -0.25) is 14.5 Å². The minimum atomic E-state index is -4.05. The number of carboxylic acid groups (broad SMARTS) is 1. The Kier molecular flexibility index (Phi) is 3.82. The average molecular weight is 315 g/mol. The van der Waals surface area contributed by atoms with Crippen LogP contribution in [0.15, 0.2) is 30.5 Å². The van der Waals surface area contributed by atoms with Crippen molar-refractivity contribution in [2.24, 2.45) is 0 Å². The van der Waals surface area contributed by atoms with Gasteiger partial charge in [-0.1, -0.05) is 11.6 Å². The van der Waals surface area contributed by atoms with Gasteiger partial charge in [0, 0.05) is 11.6 Å². The van der Waals surface area contributed by atoms with Crippen LogP contribution in [0.25, 0.3) is 10.9 Å². The summed E-state index contributed by atoms with van der Waals surface area (Å²) in [6, 6.07) is 6.34. The van der Waals surface area contributed by atoms with E-state index in [1.54, 1.807) is 12.1 Å². The van der Waals surface area contributed by atoms with Gasteiger partial charge < -0.3 is 5.11 Å². The van der Waals surface area contributed by atoms with Gasteiger partial charge in [0.2, 0.25) is 10.0 Å². The molecule has 0 aliphatic carbocycles. The van der Waals surface area contributed by atoms with Crippen LogP contribution < -0.4 is 4.72 Å². The van der Waals surface area contributed by atoms with E-state index >= 15 is 0 Å². The number of nitrogens with one attached hydrogen (secondary N) is 1. The number of rotatable bonds is 4. The van der Waals surface area contributed by atoms with Crippen LogP contribution in [0.1, 0.15) is 6.92 Å². The number of aliphatic carboxylic acids is 1. The zero-order valence-electron chi connectivity index (χ0n) is 10.4. The number of benzene rings is 1. The van der Waals surface area contributed by atoms with E-state index in [9.17, 15) is 13.2 Å². The minimum Gasteiger partial charge on any atom is -0.480 e. The number of hydrogen-bond donors (Lipinski definition) is 2. The number of aromatic nitrogens is 1. The molecular formula is C12H11ClN2O4S. The van der Waals surface area contributed by atoms with E-state index in [-0.39, 0.29) is 5.69 Å². The zero-order chi connectivity index (χ0) is 14.9. The highest BCUT2D eigenvalue weighted by Gasteiger charge is 2.28. The summed E-state index contributed by atoms with van der Waals surface area (Å²) in [5.41, 5.74) is 0.555. The third kappa shape index (κ3) is 2.68. The van der Waals surface area contributed by atoms with Crippen molar-refractivity contribution in [2.45, 2.75) is 12.2 Å². The molecule has 1 unspecified atom stereocenters. The maximum absolute atomic E-state index is 11.9. The molecule has 0 amide bonds. The van der Waals surface area contributed by atoms with Crippen molar-refractivity contribution in [1.82, 2.24) is 4.98 Å². The second-order valence-electron chi connectivity index (χ2n) is 4.12. The highest BCUT2D eigenvalue weighted by atomic mass is 35.5. The summed E-state index contributed by atoms with van der Waals surface area (Å²) < 4.78 is 26.1. The van der Waals surface area contributed by atoms with Gasteiger partial charge in [0.05, 0.1) is 16.2 Å². The number of pyridine rings is 1. The highest BCUT2D eigenvalue weighted by Crippen LogP contribution is 2.28. The largest absolute Gasteiger partial charge is 0.480 e. The molecule has 0 fully saturated rings. The van der Waals surface area contributed by atoms with Crippen LogP contribution in [0, 0.1) is 0 Å². The van der Waals surface area contributed by atoms with Crippen LogP contribution in [-0.4, -0.2) is 29.7 Å². The van der Waals surface area contributed by atoms with E-state index in [1.807, 2.05) is 0 Å². The molecule has 1 aromatic carbocycles. The molecule has 2 N–H and O–H groups in total.